The van der Waals surface area contributed by atoms with Gasteiger partial charge in [-0.3, -0.25) is 9.78 Å². The Bertz CT molecular complexity index is 933. The van der Waals surface area contributed by atoms with E-state index in [1.165, 1.54) is 5.56 Å². The van der Waals surface area contributed by atoms with E-state index in [-0.39, 0.29) is 11.8 Å². The summed E-state index contributed by atoms with van der Waals surface area (Å²) in [5.74, 6) is 1.05. The Morgan fingerprint density at radius 3 is 2.52 bits per heavy atom. The highest BCUT2D eigenvalue weighted by molar-refractivity contribution is 5.79. The van der Waals surface area contributed by atoms with E-state index in [1.54, 1.807) is 12.4 Å². The summed E-state index contributed by atoms with van der Waals surface area (Å²) in [6.07, 6.45) is 5.17. The topological polar surface area (TPSA) is 71.0 Å². The number of anilines is 1. The number of amides is 1. The minimum atomic E-state index is 0.0549. The Labute approximate surface area is 171 Å². The zero-order chi connectivity index (χ0) is 20.1. The lowest BCUT2D eigenvalue weighted by molar-refractivity contribution is -0.125. The van der Waals surface area contributed by atoms with Crippen LogP contribution >= 0.6 is 0 Å². The van der Waals surface area contributed by atoms with Gasteiger partial charge in [0, 0.05) is 43.5 Å². The van der Waals surface area contributed by atoms with Crippen molar-refractivity contribution in [3.63, 3.8) is 0 Å². The number of carbonyl (C=O) groups is 1. The lowest BCUT2D eigenvalue weighted by Crippen LogP contribution is -2.40. The number of hydrogen-bond donors (Lipinski definition) is 1. The molecule has 0 aliphatic carbocycles. The second-order valence-electron chi connectivity index (χ2n) is 7.48. The van der Waals surface area contributed by atoms with Gasteiger partial charge in [0.1, 0.15) is 0 Å². The van der Waals surface area contributed by atoms with Crippen molar-refractivity contribution in [2.45, 2.75) is 26.3 Å². The van der Waals surface area contributed by atoms with Crippen molar-refractivity contribution in [3.8, 4) is 11.3 Å². The van der Waals surface area contributed by atoms with Gasteiger partial charge in [0.2, 0.25) is 5.91 Å². The highest BCUT2D eigenvalue weighted by Gasteiger charge is 2.25. The van der Waals surface area contributed by atoms with E-state index in [0.29, 0.717) is 6.54 Å². The molecule has 0 saturated carbocycles. The van der Waals surface area contributed by atoms with Crippen molar-refractivity contribution in [1.82, 2.24) is 20.5 Å². The van der Waals surface area contributed by atoms with Crippen LogP contribution in [-0.4, -0.2) is 34.2 Å². The van der Waals surface area contributed by atoms with Crippen molar-refractivity contribution in [2.75, 3.05) is 18.0 Å². The van der Waals surface area contributed by atoms with Gasteiger partial charge in [-0.05, 0) is 49.6 Å². The predicted molar refractivity (Wildman–Crippen MR) is 113 cm³/mol. The summed E-state index contributed by atoms with van der Waals surface area (Å²) in [5.41, 5.74) is 4.12. The molecule has 29 heavy (non-hydrogen) atoms. The average Bonchev–Trinajstić information content (AvgIpc) is 2.79. The lowest BCUT2D eigenvalue weighted by Gasteiger charge is -2.31. The Morgan fingerprint density at radius 1 is 1.07 bits per heavy atom. The Morgan fingerprint density at radius 2 is 1.86 bits per heavy atom. The number of nitrogens with zero attached hydrogens (tertiary/aromatic N) is 4. The molecule has 0 spiro atoms. The number of carbonyl (C=O) groups excluding carboxylic acids is 1. The molecule has 6 nitrogen and oxygen atoms in total. The van der Waals surface area contributed by atoms with Gasteiger partial charge in [0.15, 0.2) is 5.82 Å². The second-order valence-corrected chi connectivity index (χ2v) is 7.48. The molecular formula is C23H25N5O. The largest absolute Gasteiger partial charge is 0.355 e. The molecular weight excluding hydrogens is 362 g/mol. The third-order valence-electron chi connectivity index (χ3n) is 5.38. The summed E-state index contributed by atoms with van der Waals surface area (Å²) in [7, 11) is 0. The van der Waals surface area contributed by atoms with Crippen molar-refractivity contribution >= 4 is 11.7 Å². The van der Waals surface area contributed by atoms with Crippen LogP contribution < -0.4 is 10.2 Å². The third kappa shape index (κ3) is 4.77. The Kier molecular flexibility index (Phi) is 5.79. The Hall–Kier alpha value is -3.28. The number of rotatable bonds is 5. The van der Waals surface area contributed by atoms with Gasteiger partial charge in [0.05, 0.1) is 5.69 Å². The molecule has 1 fully saturated rings. The second kappa shape index (κ2) is 8.82. The average molecular weight is 387 g/mol. The molecule has 1 aliphatic rings. The van der Waals surface area contributed by atoms with E-state index in [4.69, 9.17) is 0 Å². The number of aryl methyl sites for hydroxylation is 1. The monoisotopic (exact) mass is 387 g/mol. The maximum Gasteiger partial charge on any atom is 0.223 e. The molecule has 0 atom stereocenters. The zero-order valence-electron chi connectivity index (χ0n) is 16.6. The highest BCUT2D eigenvalue weighted by Crippen LogP contribution is 2.23. The van der Waals surface area contributed by atoms with Crippen LogP contribution in [-0.2, 0) is 11.3 Å². The zero-order valence-corrected chi connectivity index (χ0v) is 16.6. The molecule has 2 aromatic heterocycles. The number of pyridine rings is 1. The van der Waals surface area contributed by atoms with Gasteiger partial charge < -0.3 is 10.2 Å². The summed E-state index contributed by atoms with van der Waals surface area (Å²) in [5, 5.41) is 11.8. The van der Waals surface area contributed by atoms with Crippen LogP contribution in [0.3, 0.4) is 0 Å². The van der Waals surface area contributed by atoms with E-state index in [0.717, 1.165) is 48.6 Å². The van der Waals surface area contributed by atoms with Crippen molar-refractivity contribution < 1.29 is 4.79 Å². The number of nitrogens with one attached hydrogen (secondary N) is 1. The summed E-state index contributed by atoms with van der Waals surface area (Å²) in [6, 6.07) is 16.1. The minimum Gasteiger partial charge on any atom is -0.355 e. The fraction of sp³-hybridized carbons (Fsp3) is 0.304. The van der Waals surface area contributed by atoms with Crippen LogP contribution in [0, 0.1) is 12.8 Å². The molecule has 1 amide bonds. The quantitative estimate of drug-likeness (QED) is 0.727. The van der Waals surface area contributed by atoms with Gasteiger partial charge in [-0.25, -0.2) is 0 Å². The van der Waals surface area contributed by atoms with Crippen molar-refractivity contribution in [1.29, 1.82) is 0 Å². The summed E-state index contributed by atoms with van der Waals surface area (Å²) in [4.78, 5) is 18.8. The predicted octanol–water partition coefficient (Wildman–Crippen LogP) is 3.38. The molecule has 6 heteroatoms. The lowest BCUT2D eigenvalue weighted by atomic mass is 9.96. The molecule has 1 aliphatic heterocycles. The standard InChI is InChI=1S/C23H25N5O/c1-17-4-6-18(7-5-17)15-25-23(29)19-10-13-28(14-11-19)22-9-8-21(26-27-22)20-3-2-12-24-16-20/h2-9,12,16,19H,10-11,13-15H2,1H3,(H,25,29). The summed E-state index contributed by atoms with van der Waals surface area (Å²) in [6.45, 7) is 4.26. The van der Waals surface area contributed by atoms with E-state index >= 15 is 0 Å². The number of aromatic nitrogens is 3. The van der Waals surface area contributed by atoms with E-state index in [1.807, 2.05) is 24.3 Å². The van der Waals surface area contributed by atoms with Crippen LogP contribution in [0.1, 0.15) is 24.0 Å². The van der Waals surface area contributed by atoms with Gasteiger partial charge >= 0.3 is 0 Å². The maximum atomic E-state index is 12.5. The number of hydrogen-bond acceptors (Lipinski definition) is 5. The summed E-state index contributed by atoms with van der Waals surface area (Å²) >= 11 is 0. The molecule has 1 N–H and O–H groups in total. The van der Waals surface area contributed by atoms with Gasteiger partial charge in [-0.1, -0.05) is 29.8 Å². The third-order valence-corrected chi connectivity index (χ3v) is 5.38. The Balaban J connectivity index is 1.28. The van der Waals surface area contributed by atoms with Crippen LogP contribution in [0.4, 0.5) is 5.82 Å². The SMILES string of the molecule is Cc1ccc(CNC(=O)C2CCN(c3ccc(-c4cccnc4)nn3)CC2)cc1. The molecule has 0 bridgehead atoms. The fourth-order valence-electron chi connectivity index (χ4n) is 3.57. The highest BCUT2D eigenvalue weighted by atomic mass is 16.1. The van der Waals surface area contributed by atoms with E-state index < -0.39 is 0 Å². The molecule has 0 unspecified atom stereocenters. The molecule has 1 saturated heterocycles. The molecule has 148 valence electrons. The molecule has 1 aromatic carbocycles. The maximum absolute atomic E-state index is 12.5. The fourth-order valence-corrected chi connectivity index (χ4v) is 3.57. The van der Waals surface area contributed by atoms with Crippen LogP contribution in [0.2, 0.25) is 0 Å². The smallest absolute Gasteiger partial charge is 0.223 e. The van der Waals surface area contributed by atoms with Crippen LogP contribution in [0.5, 0.6) is 0 Å². The van der Waals surface area contributed by atoms with Crippen LogP contribution in [0.15, 0.2) is 60.9 Å². The first-order valence-corrected chi connectivity index (χ1v) is 10.0. The first-order valence-electron chi connectivity index (χ1n) is 10.0. The summed E-state index contributed by atoms with van der Waals surface area (Å²) < 4.78 is 0. The van der Waals surface area contributed by atoms with Gasteiger partial charge in [0.25, 0.3) is 0 Å². The molecule has 3 heterocycles. The van der Waals surface area contributed by atoms with Crippen LogP contribution in [0.25, 0.3) is 11.3 Å². The normalized spacial score (nSPS) is 14.6. The number of piperidine rings is 1. The van der Waals surface area contributed by atoms with E-state index in [9.17, 15) is 4.79 Å². The van der Waals surface area contributed by atoms with Gasteiger partial charge in [-0.15, -0.1) is 10.2 Å². The van der Waals surface area contributed by atoms with Crippen molar-refractivity contribution in [2.24, 2.45) is 5.92 Å². The van der Waals surface area contributed by atoms with Crippen molar-refractivity contribution in [3.05, 3.63) is 72.1 Å². The first kappa shape index (κ1) is 19.1. The van der Waals surface area contributed by atoms with Gasteiger partial charge in [-0.2, -0.15) is 0 Å². The minimum absolute atomic E-state index is 0.0549. The van der Waals surface area contributed by atoms with E-state index in [2.05, 4.69) is 56.6 Å². The first-order chi connectivity index (χ1) is 14.2. The molecule has 0 radical (unpaired) electrons. The number of benzene rings is 1. The molecule has 3 aromatic rings. The molecule has 4 rings (SSSR count).